The van der Waals surface area contributed by atoms with E-state index in [0.717, 1.165) is 30.6 Å². The predicted molar refractivity (Wildman–Crippen MR) is 89.8 cm³/mol. The molecule has 1 aromatic rings. The number of hydrogen-bond acceptors (Lipinski definition) is 5. The molecule has 22 heavy (non-hydrogen) atoms. The molecule has 2 N–H and O–H groups in total. The van der Waals surface area contributed by atoms with Crippen LogP contribution in [-0.4, -0.2) is 40.0 Å². The summed E-state index contributed by atoms with van der Waals surface area (Å²) in [5, 5.41) is 11.5. The Labute approximate surface area is 138 Å². The Balaban J connectivity index is 1.62. The van der Waals surface area contributed by atoms with Crippen LogP contribution in [0, 0.1) is 5.41 Å². The number of carbonyl (C=O) groups excluding carboxylic acids is 1. The molecular weight excluding hydrogens is 320 g/mol. The maximum Gasteiger partial charge on any atom is 0.304 e. The molecule has 0 spiro atoms. The third-order valence-corrected chi connectivity index (χ3v) is 5.96. The van der Waals surface area contributed by atoms with E-state index in [4.69, 9.17) is 5.11 Å². The fourth-order valence-electron chi connectivity index (χ4n) is 2.17. The van der Waals surface area contributed by atoms with Crippen molar-refractivity contribution in [2.45, 2.75) is 25.7 Å². The van der Waals surface area contributed by atoms with Gasteiger partial charge in [-0.1, -0.05) is 27.7 Å². The zero-order chi connectivity index (χ0) is 15.8. The van der Waals surface area contributed by atoms with E-state index >= 15 is 0 Å². The molecular formula is C15H20N2O3S2. The predicted octanol–water partition coefficient (Wildman–Crippen LogP) is 2.38. The molecule has 1 fully saturated rings. The standard InChI is InChI=1S/C15H20N2O3S2/c18-13(19)3-8-21-22-9-7-17-14(20)15(4-5-15)10-12-2-1-6-16-11-12/h1-2,6,11H,3-5,7-10H2,(H,17,20)(H,18,19). The Morgan fingerprint density at radius 3 is 2.73 bits per heavy atom. The van der Waals surface area contributed by atoms with E-state index in [-0.39, 0.29) is 17.7 Å². The first-order valence-electron chi connectivity index (χ1n) is 7.26. The van der Waals surface area contributed by atoms with Crippen molar-refractivity contribution < 1.29 is 14.7 Å². The van der Waals surface area contributed by atoms with Gasteiger partial charge in [-0.25, -0.2) is 0 Å². The monoisotopic (exact) mass is 340 g/mol. The summed E-state index contributed by atoms with van der Waals surface area (Å²) in [5.74, 6) is 0.748. The second kappa shape index (κ2) is 8.43. The van der Waals surface area contributed by atoms with Crippen LogP contribution in [0.5, 0.6) is 0 Å². The lowest BCUT2D eigenvalue weighted by Crippen LogP contribution is -2.34. The van der Waals surface area contributed by atoms with Gasteiger partial charge in [-0.05, 0) is 30.9 Å². The third-order valence-electron chi connectivity index (χ3n) is 3.55. The van der Waals surface area contributed by atoms with Crippen LogP contribution in [0.4, 0.5) is 0 Å². The number of hydrogen-bond donors (Lipinski definition) is 2. The Bertz CT molecular complexity index is 507. The van der Waals surface area contributed by atoms with E-state index in [1.807, 2.05) is 18.3 Å². The quantitative estimate of drug-likeness (QED) is 0.503. The van der Waals surface area contributed by atoms with Crippen molar-refractivity contribution in [3.05, 3.63) is 30.1 Å². The van der Waals surface area contributed by atoms with Gasteiger partial charge in [-0.3, -0.25) is 14.6 Å². The van der Waals surface area contributed by atoms with E-state index in [9.17, 15) is 9.59 Å². The molecule has 1 heterocycles. The van der Waals surface area contributed by atoms with Crippen LogP contribution in [0.25, 0.3) is 0 Å². The number of carboxylic acid groups (broad SMARTS) is 1. The average Bonchev–Trinajstić information content (AvgIpc) is 3.27. The highest BCUT2D eigenvalue weighted by molar-refractivity contribution is 8.76. The van der Waals surface area contributed by atoms with Crippen LogP contribution in [0.15, 0.2) is 24.5 Å². The highest BCUT2D eigenvalue weighted by atomic mass is 33.1. The molecule has 0 aliphatic heterocycles. The topological polar surface area (TPSA) is 79.3 Å². The van der Waals surface area contributed by atoms with E-state index in [1.54, 1.807) is 17.0 Å². The van der Waals surface area contributed by atoms with Crippen LogP contribution < -0.4 is 5.32 Å². The first-order valence-corrected chi connectivity index (χ1v) is 9.75. The van der Waals surface area contributed by atoms with Gasteiger partial charge in [-0.15, -0.1) is 0 Å². The van der Waals surface area contributed by atoms with Gasteiger partial charge in [0, 0.05) is 30.4 Å². The van der Waals surface area contributed by atoms with E-state index in [1.165, 1.54) is 10.8 Å². The van der Waals surface area contributed by atoms with Crippen molar-refractivity contribution in [3.8, 4) is 0 Å². The Morgan fingerprint density at radius 1 is 1.32 bits per heavy atom. The van der Waals surface area contributed by atoms with Crippen LogP contribution in [0.3, 0.4) is 0 Å². The number of amides is 1. The molecule has 5 nitrogen and oxygen atoms in total. The second-order valence-corrected chi connectivity index (χ2v) is 8.06. The number of nitrogens with zero attached hydrogens (tertiary/aromatic N) is 1. The van der Waals surface area contributed by atoms with Gasteiger partial charge in [0.1, 0.15) is 0 Å². The van der Waals surface area contributed by atoms with Gasteiger partial charge in [-0.2, -0.15) is 0 Å². The van der Waals surface area contributed by atoms with Crippen LogP contribution >= 0.6 is 21.6 Å². The SMILES string of the molecule is O=C(O)CCSSCCNC(=O)C1(Cc2cccnc2)CC1. The molecule has 1 aliphatic rings. The second-order valence-electron chi connectivity index (χ2n) is 5.36. The van der Waals surface area contributed by atoms with Crippen molar-refractivity contribution in [1.29, 1.82) is 0 Å². The van der Waals surface area contributed by atoms with Gasteiger partial charge in [0.15, 0.2) is 0 Å². The van der Waals surface area contributed by atoms with Crippen molar-refractivity contribution >= 4 is 33.5 Å². The number of aromatic nitrogens is 1. The number of nitrogens with one attached hydrogen (secondary N) is 1. The van der Waals surface area contributed by atoms with Crippen molar-refractivity contribution in [2.24, 2.45) is 5.41 Å². The number of rotatable bonds is 10. The summed E-state index contributed by atoms with van der Waals surface area (Å²) in [5.41, 5.74) is 0.873. The zero-order valence-corrected chi connectivity index (χ0v) is 13.9. The molecule has 0 atom stereocenters. The number of pyridine rings is 1. The Hall–Kier alpha value is -1.21. The summed E-state index contributed by atoms with van der Waals surface area (Å²) in [6, 6.07) is 3.91. The lowest BCUT2D eigenvalue weighted by atomic mass is 9.96. The Kier molecular flexibility index (Phi) is 6.57. The Morgan fingerprint density at radius 2 is 2.09 bits per heavy atom. The van der Waals surface area contributed by atoms with Gasteiger partial charge in [0.05, 0.1) is 11.8 Å². The molecule has 7 heteroatoms. The molecule has 120 valence electrons. The molecule has 0 unspecified atom stereocenters. The van der Waals surface area contributed by atoms with E-state index in [0.29, 0.717) is 12.3 Å². The smallest absolute Gasteiger partial charge is 0.304 e. The zero-order valence-electron chi connectivity index (χ0n) is 12.3. The van der Waals surface area contributed by atoms with Crippen molar-refractivity contribution in [2.75, 3.05) is 18.1 Å². The molecule has 1 amide bonds. The van der Waals surface area contributed by atoms with Gasteiger partial charge in [0.25, 0.3) is 0 Å². The van der Waals surface area contributed by atoms with E-state index < -0.39 is 5.97 Å². The van der Waals surface area contributed by atoms with Crippen LogP contribution in [-0.2, 0) is 16.0 Å². The third kappa shape index (κ3) is 5.53. The van der Waals surface area contributed by atoms with E-state index in [2.05, 4.69) is 10.3 Å². The number of carbonyl (C=O) groups is 2. The number of aliphatic carboxylic acids is 1. The maximum atomic E-state index is 12.3. The summed E-state index contributed by atoms with van der Waals surface area (Å²) in [6.07, 6.45) is 6.37. The normalized spacial score (nSPS) is 15.3. The average molecular weight is 340 g/mol. The summed E-state index contributed by atoms with van der Waals surface area (Å²) >= 11 is 0. The van der Waals surface area contributed by atoms with Crippen molar-refractivity contribution in [1.82, 2.24) is 10.3 Å². The summed E-state index contributed by atoms with van der Waals surface area (Å²) < 4.78 is 0. The molecule has 0 aromatic carbocycles. The molecule has 0 radical (unpaired) electrons. The maximum absolute atomic E-state index is 12.3. The summed E-state index contributed by atoms with van der Waals surface area (Å²) in [7, 11) is 3.14. The highest BCUT2D eigenvalue weighted by Gasteiger charge is 2.49. The molecule has 1 aliphatic carbocycles. The van der Waals surface area contributed by atoms with Gasteiger partial charge < -0.3 is 10.4 Å². The fraction of sp³-hybridized carbons (Fsp3) is 0.533. The number of carboxylic acids is 1. The summed E-state index contributed by atoms with van der Waals surface area (Å²) in [6.45, 7) is 0.623. The van der Waals surface area contributed by atoms with Gasteiger partial charge in [0.2, 0.25) is 5.91 Å². The molecule has 1 aromatic heterocycles. The lowest BCUT2D eigenvalue weighted by molar-refractivity contribution is -0.136. The highest BCUT2D eigenvalue weighted by Crippen LogP contribution is 2.48. The fourth-order valence-corrected chi connectivity index (χ4v) is 4.06. The molecule has 2 rings (SSSR count). The minimum Gasteiger partial charge on any atom is -0.481 e. The molecule has 0 saturated heterocycles. The minimum absolute atomic E-state index is 0.132. The molecule has 1 saturated carbocycles. The largest absolute Gasteiger partial charge is 0.481 e. The first-order chi connectivity index (χ1) is 10.6. The van der Waals surface area contributed by atoms with Gasteiger partial charge >= 0.3 is 5.97 Å². The van der Waals surface area contributed by atoms with Crippen molar-refractivity contribution in [3.63, 3.8) is 0 Å². The summed E-state index contributed by atoms with van der Waals surface area (Å²) in [4.78, 5) is 26.7. The first kappa shape index (κ1) is 17.1. The lowest BCUT2D eigenvalue weighted by Gasteiger charge is -2.15. The van der Waals surface area contributed by atoms with Crippen LogP contribution in [0.2, 0.25) is 0 Å². The van der Waals surface area contributed by atoms with Crippen LogP contribution in [0.1, 0.15) is 24.8 Å². The minimum atomic E-state index is -0.771. The molecule has 0 bridgehead atoms.